The summed E-state index contributed by atoms with van der Waals surface area (Å²) in [6, 6.07) is 11.0. The largest absolute Gasteiger partial charge is 0.393 e. The van der Waals surface area contributed by atoms with Gasteiger partial charge in [-0.05, 0) is 24.3 Å². The summed E-state index contributed by atoms with van der Waals surface area (Å²) in [7, 11) is 0. The molecule has 0 spiro atoms. The molecule has 0 aliphatic carbocycles. The van der Waals surface area contributed by atoms with Crippen LogP contribution in [0.3, 0.4) is 0 Å². The van der Waals surface area contributed by atoms with Crippen molar-refractivity contribution in [1.82, 2.24) is 4.90 Å². The minimum absolute atomic E-state index is 0.136. The summed E-state index contributed by atoms with van der Waals surface area (Å²) in [5, 5.41) is 9.87. The average molecular weight is 233 g/mol. The molecule has 1 aliphatic heterocycles. The zero-order chi connectivity index (χ0) is 12.3. The minimum Gasteiger partial charge on any atom is -0.393 e. The van der Waals surface area contributed by atoms with Crippen LogP contribution in [0.25, 0.3) is 0 Å². The van der Waals surface area contributed by atoms with Crippen LogP contribution in [0, 0.1) is 5.92 Å². The molecule has 0 bridgehead atoms. The standard InChI is InChI=1S/C15H23NO/c1-12(2)11-16-9-8-14(17)10-15(16)13-6-4-3-5-7-13/h3-7,12,14-15,17H,8-11H2,1-2H3. The summed E-state index contributed by atoms with van der Waals surface area (Å²) < 4.78 is 0. The number of aliphatic hydroxyl groups excluding tert-OH is 1. The third-order valence-electron chi connectivity index (χ3n) is 3.47. The van der Waals surface area contributed by atoms with E-state index in [1.807, 2.05) is 0 Å². The highest BCUT2D eigenvalue weighted by atomic mass is 16.3. The van der Waals surface area contributed by atoms with E-state index in [-0.39, 0.29) is 6.10 Å². The maximum atomic E-state index is 9.87. The Morgan fingerprint density at radius 1 is 1.29 bits per heavy atom. The quantitative estimate of drug-likeness (QED) is 0.867. The second kappa shape index (κ2) is 5.65. The molecule has 2 nitrogen and oxygen atoms in total. The highest BCUT2D eigenvalue weighted by Gasteiger charge is 2.28. The first kappa shape index (κ1) is 12.6. The van der Waals surface area contributed by atoms with Crippen LogP contribution >= 0.6 is 0 Å². The van der Waals surface area contributed by atoms with Gasteiger partial charge >= 0.3 is 0 Å². The van der Waals surface area contributed by atoms with Gasteiger partial charge in [-0.2, -0.15) is 0 Å². The number of piperidine rings is 1. The molecule has 1 saturated heterocycles. The van der Waals surface area contributed by atoms with Crippen LogP contribution in [0.5, 0.6) is 0 Å². The van der Waals surface area contributed by atoms with Crippen molar-refractivity contribution in [3.63, 3.8) is 0 Å². The number of rotatable bonds is 3. The lowest BCUT2D eigenvalue weighted by Crippen LogP contribution is -2.40. The van der Waals surface area contributed by atoms with E-state index in [0.717, 1.165) is 25.9 Å². The van der Waals surface area contributed by atoms with Crippen molar-refractivity contribution in [2.24, 2.45) is 5.92 Å². The molecule has 0 saturated carbocycles. The fraction of sp³-hybridized carbons (Fsp3) is 0.600. The Bertz CT molecular complexity index is 336. The monoisotopic (exact) mass is 233 g/mol. The molecule has 2 heteroatoms. The molecule has 17 heavy (non-hydrogen) atoms. The van der Waals surface area contributed by atoms with E-state index in [0.29, 0.717) is 12.0 Å². The number of nitrogens with zero attached hydrogens (tertiary/aromatic N) is 1. The highest BCUT2D eigenvalue weighted by molar-refractivity contribution is 5.19. The predicted molar refractivity (Wildman–Crippen MR) is 70.8 cm³/mol. The zero-order valence-corrected chi connectivity index (χ0v) is 10.8. The fourth-order valence-corrected chi connectivity index (χ4v) is 2.70. The van der Waals surface area contributed by atoms with E-state index in [1.165, 1.54) is 5.56 Å². The van der Waals surface area contributed by atoms with Gasteiger partial charge in [0.1, 0.15) is 0 Å². The molecule has 1 aromatic carbocycles. The molecule has 0 amide bonds. The first-order valence-corrected chi connectivity index (χ1v) is 6.64. The average Bonchev–Trinajstić information content (AvgIpc) is 2.32. The lowest BCUT2D eigenvalue weighted by molar-refractivity contribution is 0.0348. The Balaban J connectivity index is 2.14. The van der Waals surface area contributed by atoms with Crippen LogP contribution in [-0.2, 0) is 0 Å². The van der Waals surface area contributed by atoms with Crippen molar-refractivity contribution in [3.8, 4) is 0 Å². The lowest BCUT2D eigenvalue weighted by atomic mass is 9.92. The van der Waals surface area contributed by atoms with Crippen molar-refractivity contribution in [3.05, 3.63) is 35.9 Å². The molecule has 1 aliphatic rings. The van der Waals surface area contributed by atoms with Crippen molar-refractivity contribution in [2.75, 3.05) is 13.1 Å². The van der Waals surface area contributed by atoms with Gasteiger partial charge in [-0.15, -0.1) is 0 Å². The summed E-state index contributed by atoms with van der Waals surface area (Å²) >= 11 is 0. The summed E-state index contributed by atoms with van der Waals surface area (Å²) in [4.78, 5) is 2.52. The highest BCUT2D eigenvalue weighted by Crippen LogP contribution is 2.31. The smallest absolute Gasteiger partial charge is 0.0570 e. The van der Waals surface area contributed by atoms with Gasteiger partial charge in [-0.1, -0.05) is 44.2 Å². The summed E-state index contributed by atoms with van der Waals surface area (Å²) in [6.07, 6.45) is 1.65. The molecule has 2 atom stereocenters. The Morgan fingerprint density at radius 2 is 2.00 bits per heavy atom. The second-order valence-corrected chi connectivity index (χ2v) is 5.49. The molecule has 0 radical (unpaired) electrons. The van der Waals surface area contributed by atoms with E-state index in [9.17, 15) is 5.11 Å². The van der Waals surface area contributed by atoms with Gasteiger partial charge in [-0.25, -0.2) is 0 Å². The molecule has 0 aromatic heterocycles. The van der Waals surface area contributed by atoms with Crippen LogP contribution in [-0.4, -0.2) is 29.2 Å². The summed E-state index contributed by atoms with van der Waals surface area (Å²) in [5.74, 6) is 0.677. The van der Waals surface area contributed by atoms with Crippen LogP contribution in [0.1, 0.15) is 38.3 Å². The van der Waals surface area contributed by atoms with Gasteiger partial charge in [0.25, 0.3) is 0 Å². The first-order valence-electron chi connectivity index (χ1n) is 6.64. The third kappa shape index (κ3) is 3.30. The minimum atomic E-state index is -0.136. The predicted octanol–water partition coefficient (Wildman–Crippen LogP) is 2.84. The van der Waals surface area contributed by atoms with Crippen molar-refractivity contribution in [1.29, 1.82) is 0 Å². The number of hydrogen-bond acceptors (Lipinski definition) is 2. The van der Waals surface area contributed by atoms with Crippen molar-refractivity contribution >= 4 is 0 Å². The van der Waals surface area contributed by atoms with Gasteiger partial charge in [0.15, 0.2) is 0 Å². The lowest BCUT2D eigenvalue weighted by Gasteiger charge is -2.39. The number of likely N-dealkylation sites (tertiary alicyclic amines) is 1. The van der Waals surface area contributed by atoms with Crippen LogP contribution in [0.15, 0.2) is 30.3 Å². The van der Waals surface area contributed by atoms with Gasteiger partial charge in [0, 0.05) is 19.1 Å². The molecule has 94 valence electrons. The zero-order valence-electron chi connectivity index (χ0n) is 10.8. The Kier molecular flexibility index (Phi) is 4.19. The fourth-order valence-electron chi connectivity index (χ4n) is 2.70. The maximum Gasteiger partial charge on any atom is 0.0570 e. The van der Waals surface area contributed by atoms with Crippen LogP contribution < -0.4 is 0 Å². The molecule has 2 unspecified atom stereocenters. The molecule has 1 heterocycles. The first-order chi connectivity index (χ1) is 8.16. The molecular weight excluding hydrogens is 210 g/mol. The number of aliphatic hydroxyl groups is 1. The SMILES string of the molecule is CC(C)CN1CCC(O)CC1c1ccccc1. The molecule has 1 fully saturated rings. The third-order valence-corrected chi connectivity index (χ3v) is 3.47. The van der Waals surface area contributed by atoms with E-state index in [1.54, 1.807) is 0 Å². The van der Waals surface area contributed by atoms with E-state index >= 15 is 0 Å². The van der Waals surface area contributed by atoms with Gasteiger partial charge < -0.3 is 5.11 Å². The van der Waals surface area contributed by atoms with Crippen molar-refractivity contribution in [2.45, 2.75) is 38.8 Å². The topological polar surface area (TPSA) is 23.5 Å². The Morgan fingerprint density at radius 3 is 2.65 bits per heavy atom. The van der Waals surface area contributed by atoms with E-state index < -0.39 is 0 Å². The van der Waals surface area contributed by atoms with Gasteiger partial charge in [0.2, 0.25) is 0 Å². The summed E-state index contributed by atoms with van der Waals surface area (Å²) in [6.45, 7) is 6.64. The van der Waals surface area contributed by atoms with Gasteiger partial charge in [-0.3, -0.25) is 4.90 Å². The molecule has 1 aromatic rings. The normalized spacial score (nSPS) is 26.4. The van der Waals surface area contributed by atoms with Crippen LogP contribution in [0.2, 0.25) is 0 Å². The maximum absolute atomic E-state index is 9.87. The molecule has 1 N–H and O–H groups in total. The Labute approximate surface area is 104 Å². The van der Waals surface area contributed by atoms with Crippen molar-refractivity contribution < 1.29 is 5.11 Å². The Hall–Kier alpha value is -0.860. The summed E-state index contributed by atoms with van der Waals surface area (Å²) in [5.41, 5.74) is 1.34. The van der Waals surface area contributed by atoms with E-state index in [4.69, 9.17) is 0 Å². The van der Waals surface area contributed by atoms with Gasteiger partial charge in [0.05, 0.1) is 6.10 Å². The van der Waals surface area contributed by atoms with E-state index in [2.05, 4.69) is 49.1 Å². The van der Waals surface area contributed by atoms with Crippen LogP contribution in [0.4, 0.5) is 0 Å². The number of hydrogen-bond donors (Lipinski definition) is 1. The molecular formula is C15H23NO. The number of benzene rings is 1. The second-order valence-electron chi connectivity index (χ2n) is 5.49. The molecule has 2 rings (SSSR count).